The molecular weight excluding hydrogens is 256 g/mol. The molecule has 98 valence electrons. The Kier molecular flexibility index (Phi) is 3.51. The number of aromatic carboxylic acids is 1. The van der Waals surface area contributed by atoms with Crippen molar-refractivity contribution in [3.05, 3.63) is 24.0 Å². The second-order valence-electron chi connectivity index (χ2n) is 4.30. The van der Waals surface area contributed by atoms with Gasteiger partial charge < -0.3 is 10.4 Å². The fourth-order valence-corrected chi connectivity index (χ4v) is 3.68. The van der Waals surface area contributed by atoms with E-state index >= 15 is 0 Å². The number of hydrogen-bond donors (Lipinski definition) is 2. The molecule has 7 heteroatoms. The number of carboxylic acid groups (broad SMARTS) is 1. The molecule has 0 radical (unpaired) electrons. The van der Waals surface area contributed by atoms with Crippen LogP contribution in [0.5, 0.6) is 0 Å². The van der Waals surface area contributed by atoms with Gasteiger partial charge in [-0.3, -0.25) is 0 Å². The van der Waals surface area contributed by atoms with Gasteiger partial charge in [0.25, 0.3) is 0 Å². The molecule has 1 fully saturated rings. The van der Waals surface area contributed by atoms with Crippen molar-refractivity contribution in [3.8, 4) is 0 Å². The molecule has 1 unspecified atom stereocenters. The third-order valence-corrected chi connectivity index (χ3v) is 4.65. The van der Waals surface area contributed by atoms with E-state index in [0.717, 1.165) is 0 Å². The molecule has 2 heterocycles. The predicted molar refractivity (Wildman–Crippen MR) is 66.5 cm³/mol. The van der Waals surface area contributed by atoms with Gasteiger partial charge in [-0.2, -0.15) is 0 Å². The molecule has 0 amide bonds. The smallest absolute Gasteiger partial charge is 0.356 e. The molecule has 1 atom stereocenters. The van der Waals surface area contributed by atoms with Crippen LogP contribution < -0.4 is 5.32 Å². The zero-order valence-corrected chi connectivity index (χ0v) is 10.5. The van der Waals surface area contributed by atoms with Crippen molar-refractivity contribution in [1.29, 1.82) is 0 Å². The number of pyridine rings is 1. The van der Waals surface area contributed by atoms with E-state index in [4.69, 9.17) is 5.11 Å². The number of nitrogens with one attached hydrogen (secondary N) is 1. The molecule has 0 aliphatic carbocycles. The average molecular weight is 270 g/mol. The molecule has 0 aromatic carbocycles. The summed E-state index contributed by atoms with van der Waals surface area (Å²) in [5.74, 6) is -0.873. The molecule has 1 saturated heterocycles. The lowest BCUT2D eigenvalue weighted by atomic mass is 10.1. The van der Waals surface area contributed by atoms with Crippen molar-refractivity contribution in [1.82, 2.24) is 4.98 Å². The van der Waals surface area contributed by atoms with Crippen LogP contribution in [0.25, 0.3) is 0 Å². The van der Waals surface area contributed by atoms with Gasteiger partial charge in [0.05, 0.1) is 17.2 Å². The summed E-state index contributed by atoms with van der Waals surface area (Å²) in [6.07, 6.45) is 2.71. The highest BCUT2D eigenvalue weighted by Gasteiger charge is 2.25. The van der Waals surface area contributed by atoms with Crippen molar-refractivity contribution in [2.75, 3.05) is 16.8 Å². The first-order chi connectivity index (χ1) is 8.48. The van der Waals surface area contributed by atoms with Crippen molar-refractivity contribution in [3.63, 3.8) is 0 Å². The van der Waals surface area contributed by atoms with Crippen LogP contribution in [0, 0.1) is 0 Å². The summed E-state index contributed by atoms with van der Waals surface area (Å²) in [6.45, 7) is 0. The van der Waals surface area contributed by atoms with Crippen LogP contribution in [0.4, 0.5) is 5.69 Å². The van der Waals surface area contributed by atoms with Crippen molar-refractivity contribution >= 4 is 21.5 Å². The lowest BCUT2D eigenvalue weighted by Crippen LogP contribution is -2.35. The van der Waals surface area contributed by atoms with Gasteiger partial charge in [-0.25, -0.2) is 18.2 Å². The van der Waals surface area contributed by atoms with Crippen molar-refractivity contribution in [2.24, 2.45) is 0 Å². The molecule has 6 nitrogen and oxygen atoms in total. The maximum atomic E-state index is 11.5. The third kappa shape index (κ3) is 2.98. The number of hydrogen-bond acceptors (Lipinski definition) is 5. The van der Waals surface area contributed by atoms with E-state index in [0.29, 0.717) is 18.5 Å². The van der Waals surface area contributed by atoms with Crippen molar-refractivity contribution < 1.29 is 18.3 Å². The minimum atomic E-state index is -3.02. The standard InChI is InChI=1S/C11H14N2O4S/c14-11(15)10-9(4-1-5-12-10)13-8-3-2-6-18(16,17)7-8/h1,4-5,8,13H,2-3,6-7H2,(H,14,15). The molecule has 18 heavy (non-hydrogen) atoms. The SMILES string of the molecule is O=C(O)c1ncccc1NC1CCCS(=O)(=O)C1. The van der Waals surface area contributed by atoms with E-state index in [1.165, 1.54) is 6.20 Å². The second-order valence-corrected chi connectivity index (χ2v) is 6.53. The molecule has 0 bridgehead atoms. The normalized spacial score (nSPS) is 22.3. The second kappa shape index (κ2) is 4.93. The van der Waals surface area contributed by atoms with Crippen LogP contribution in [0.15, 0.2) is 18.3 Å². The summed E-state index contributed by atoms with van der Waals surface area (Å²) in [7, 11) is -3.02. The summed E-state index contributed by atoms with van der Waals surface area (Å²) in [6, 6.07) is 2.97. The van der Waals surface area contributed by atoms with Crippen LogP contribution in [0.3, 0.4) is 0 Å². The van der Waals surface area contributed by atoms with Crippen LogP contribution in [0.1, 0.15) is 23.3 Å². The molecule has 1 aromatic heterocycles. The number of aromatic nitrogens is 1. The summed E-state index contributed by atoms with van der Waals surface area (Å²) in [4.78, 5) is 14.7. The molecule has 0 spiro atoms. The average Bonchev–Trinajstić information content (AvgIpc) is 2.28. The van der Waals surface area contributed by atoms with Crippen molar-refractivity contribution in [2.45, 2.75) is 18.9 Å². The lowest BCUT2D eigenvalue weighted by Gasteiger charge is -2.24. The van der Waals surface area contributed by atoms with Gasteiger partial charge in [-0.1, -0.05) is 0 Å². The fraction of sp³-hybridized carbons (Fsp3) is 0.455. The van der Waals surface area contributed by atoms with E-state index in [2.05, 4.69) is 10.3 Å². The van der Waals surface area contributed by atoms with Crippen LogP contribution in [-0.2, 0) is 9.84 Å². The van der Waals surface area contributed by atoms with Gasteiger partial charge in [0.2, 0.25) is 0 Å². The summed E-state index contributed by atoms with van der Waals surface area (Å²) in [5, 5.41) is 11.9. The lowest BCUT2D eigenvalue weighted by molar-refractivity contribution is 0.0691. The predicted octanol–water partition coefficient (Wildman–Crippen LogP) is 0.769. The Morgan fingerprint density at radius 3 is 2.94 bits per heavy atom. The fourth-order valence-electron chi connectivity index (χ4n) is 2.05. The Balaban J connectivity index is 2.17. The molecule has 1 aliphatic heterocycles. The maximum Gasteiger partial charge on any atom is 0.356 e. The van der Waals surface area contributed by atoms with Crippen LogP contribution in [-0.4, -0.2) is 42.0 Å². The molecule has 1 aliphatic rings. The number of nitrogens with zero attached hydrogens (tertiary/aromatic N) is 1. The number of carboxylic acids is 1. The van der Waals surface area contributed by atoms with E-state index in [9.17, 15) is 13.2 Å². The van der Waals surface area contributed by atoms with Gasteiger partial charge in [0.15, 0.2) is 15.5 Å². The van der Waals surface area contributed by atoms with E-state index in [-0.39, 0.29) is 23.2 Å². The first-order valence-corrected chi connectivity index (χ1v) is 7.45. The van der Waals surface area contributed by atoms with Crippen LogP contribution >= 0.6 is 0 Å². The zero-order valence-electron chi connectivity index (χ0n) is 9.67. The van der Waals surface area contributed by atoms with Gasteiger partial charge in [0.1, 0.15) is 0 Å². The monoisotopic (exact) mass is 270 g/mol. The largest absolute Gasteiger partial charge is 0.476 e. The Hall–Kier alpha value is -1.63. The van der Waals surface area contributed by atoms with Crippen LogP contribution in [0.2, 0.25) is 0 Å². The minimum absolute atomic E-state index is 0.0426. The molecular formula is C11H14N2O4S. The highest BCUT2D eigenvalue weighted by atomic mass is 32.2. The van der Waals surface area contributed by atoms with Gasteiger partial charge in [0, 0.05) is 12.2 Å². The first kappa shape index (κ1) is 12.8. The van der Waals surface area contributed by atoms with E-state index < -0.39 is 15.8 Å². The molecule has 0 saturated carbocycles. The summed E-state index contributed by atoms with van der Waals surface area (Å²) in [5.41, 5.74) is 0.285. The Morgan fingerprint density at radius 2 is 2.28 bits per heavy atom. The maximum absolute atomic E-state index is 11.5. The Bertz CT molecular complexity index is 556. The highest BCUT2D eigenvalue weighted by Crippen LogP contribution is 2.19. The summed E-state index contributed by atoms with van der Waals surface area (Å²) < 4.78 is 23.0. The van der Waals surface area contributed by atoms with Gasteiger partial charge in [-0.05, 0) is 25.0 Å². The molecule has 2 N–H and O–H groups in total. The van der Waals surface area contributed by atoms with Gasteiger partial charge >= 0.3 is 5.97 Å². The summed E-state index contributed by atoms with van der Waals surface area (Å²) >= 11 is 0. The molecule has 1 aromatic rings. The highest BCUT2D eigenvalue weighted by molar-refractivity contribution is 7.91. The zero-order chi connectivity index (χ0) is 13.2. The van der Waals surface area contributed by atoms with E-state index in [1.54, 1.807) is 12.1 Å². The third-order valence-electron chi connectivity index (χ3n) is 2.83. The number of carbonyl (C=O) groups is 1. The number of anilines is 1. The number of sulfone groups is 1. The Labute approximate surface area is 105 Å². The van der Waals surface area contributed by atoms with E-state index in [1.807, 2.05) is 0 Å². The number of rotatable bonds is 3. The topological polar surface area (TPSA) is 96.4 Å². The quantitative estimate of drug-likeness (QED) is 0.842. The Morgan fingerprint density at radius 1 is 1.50 bits per heavy atom. The first-order valence-electron chi connectivity index (χ1n) is 5.63. The van der Waals surface area contributed by atoms with Gasteiger partial charge in [-0.15, -0.1) is 0 Å². The molecule has 2 rings (SSSR count). The minimum Gasteiger partial charge on any atom is -0.476 e.